The molecule has 0 saturated carbocycles. The zero-order valence-electron chi connectivity index (χ0n) is 9.66. The van der Waals surface area contributed by atoms with E-state index in [9.17, 15) is 0 Å². The normalized spacial score (nSPS) is 23.1. The molecule has 1 aliphatic carbocycles. The fourth-order valence-electron chi connectivity index (χ4n) is 3.19. The highest BCUT2D eigenvalue weighted by atomic mass is 15.2. The topological polar surface area (TPSA) is 3.24 Å². The molecule has 0 bridgehead atoms. The summed E-state index contributed by atoms with van der Waals surface area (Å²) in [4.78, 5) is 2.59. The van der Waals surface area contributed by atoms with Crippen molar-refractivity contribution in [3.05, 3.63) is 35.4 Å². The molecule has 0 atom stereocenters. The molecule has 1 nitrogen and oxygen atoms in total. The van der Waals surface area contributed by atoms with Crippen LogP contribution in [0.4, 0.5) is 0 Å². The molecule has 15 heavy (non-hydrogen) atoms. The number of hydrogen-bond donors (Lipinski definition) is 0. The Hall–Kier alpha value is -0.820. The number of hydrogen-bond acceptors (Lipinski definition) is 1. The lowest BCUT2D eigenvalue weighted by atomic mass is 9.74. The molecule has 80 valence electrons. The van der Waals surface area contributed by atoms with Crippen LogP contribution in [0.2, 0.25) is 0 Å². The molecule has 1 aromatic carbocycles. The van der Waals surface area contributed by atoms with Gasteiger partial charge in [0.2, 0.25) is 0 Å². The largest absolute Gasteiger partial charge is 0.299 e. The van der Waals surface area contributed by atoms with E-state index in [1.807, 2.05) is 0 Å². The van der Waals surface area contributed by atoms with E-state index in [0.717, 1.165) is 0 Å². The zero-order valence-corrected chi connectivity index (χ0v) is 9.66. The van der Waals surface area contributed by atoms with E-state index in [1.54, 1.807) is 11.1 Å². The number of nitrogens with zero attached hydrogens (tertiary/aromatic N) is 1. The van der Waals surface area contributed by atoms with E-state index < -0.39 is 0 Å². The summed E-state index contributed by atoms with van der Waals surface area (Å²) >= 11 is 0. The van der Waals surface area contributed by atoms with Crippen molar-refractivity contribution in [3.8, 4) is 0 Å². The molecule has 1 aliphatic heterocycles. The number of rotatable bonds is 1. The fourth-order valence-corrected chi connectivity index (χ4v) is 3.19. The van der Waals surface area contributed by atoms with Crippen LogP contribution in [-0.2, 0) is 11.8 Å². The highest BCUT2D eigenvalue weighted by molar-refractivity contribution is 5.42. The average Bonchev–Trinajstić information content (AvgIpc) is 2.54. The van der Waals surface area contributed by atoms with Gasteiger partial charge in [0, 0.05) is 24.5 Å². The Morgan fingerprint density at radius 3 is 2.67 bits per heavy atom. The quantitative estimate of drug-likeness (QED) is 0.675. The summed E-state index contributed by atoms with van der Waals surface area (Å²) in [5.41, 5.74) is 3.77. The first-order chi connectivity index (χ1) is 7.21. The molecule has 1 heteroatoms. The van der Waals surface area contributed by atoms with Crippen LogP contribution in [0, 0.1) is 0 Å². The average molecular weight is 201 g/mol. The molecule has 1 fully saturated rings. The fraction of sp³-hybridized carbons (Fsp3) is 0.571. The van der Waals surface area contributed by atoms with Crippen LogP contribution in [-0.4, -0.2) is 24.0 Å². The molecule has 1 saturated heterocycles. The standard InChI is InChI=1S/C14H19N/c1-11(2)15-9-14(10-15)8-7-12-5-3-4-6-13(12)14/h3-6,11H,7-10H2,1-2H3. The maximum Gasteiger partial charge on any atom is 0.0213 e. The van der Waals surface area contributed by atoms with E-state index in [0.29, 0.717) is 11.5 Å². The van der Waals surface area contributed by atoms with Crippen molar-refractivity contribution in [2.75, 3.05) is 13.1 Å². The first-order valence-corrected chi connectivity index (χ1v) is 6.04. The number of benzene rings is 1. The van der Waals surface area contributed by atoms with Gasteiger partial charge in [-0.2, -0.15) is 0 Å². The van der Waals surface area contributed by atoms with E-state index in [2.05, 4.69) is 43.0 Å². The second-order valence-corrected chi connectivity index (χ2v) is 5.44. The lowest BCUT2D eigenvalue weighted by Gasteiger charge is -2.51. The molecule has 0 unspecified atom stereocenters. The number of likely N-dealkylation sites (tertiary alicyclic amines) is 1. The lowest BCUT2D eigenvalue weighted by molar-refractivity contribution is 0.0373. The molecule has 2 aliphatic rings. The van der Waals surface area contributed by atoms with Crippen LogP contribution in [0.1, 0.15) is 31.4 Å². The van der Waals surface area contributed by atoms with Gasteiger partial charge >= 0.3 is 0 Å². The summed E-state index contributed by atoms with van der Waals surface area (Å²) < 4.78 is 0. The van der Waals surface area contributed by atoms with Crippen molar-refractivity contribution in [2.24, 2.45) is 0 Å². The minimum Gasteiger partial charge on any atom is -0.299 e. The summed E-state index contributed by atoms with van der Waals surface area (Å²) in [6.07, 6.45) is 2.66. The van der Waals surface area contributed by atoms with Crippen molar-refractivity contribution in [1.82, 2.24) is 4.90 Å². The Kier molecular flexibility index (Phi) is 1.93. The maximum absolute atomic E-state index is 2.59. The van der Waals surface area contributed by atoms with Crippen molar-refractivity contribution < 1.29 is 0 Å². The molecule has 0 N–H and O–H groups in total. The van der Waals surface area contributed by atoms with Crippen molar-refractivity contribution >= 4 is 0 Å². The SMILES string of the molecule is CC(C)N1CC2(CCc3ccccc32)C1. The number of aryl methyl sites for hydroxylation is 1. The van der Waals surface area contributed by atoms with E-state index in [-0.39, 0.29) is 0 Å². The molecule has 1 heterocycles. The minimum absolute atomic E-state index is 0.529. The monoisotopic (exact) mass is 201 g/mol. The third-order valence-corrected chi connectivity index (χ3v) is 4.20. The number of fused-ring (bicyclic) bond motifs is 2. The van der Waals surface area contributed by atoms with E-state index in [4.69, 9.17) is 0 Å². The molecular formula is C14H19N. The Bertz CT molecular complexity index is 375. The molecule has 0 radical (unpaired) electrons. The van der Waals surface area contributed by atoms with Crippen molar-refractivity contribution in [2.45, 2.75) is 38.1 Å². The first kappa shape index (κ1) is 9.41. The molecule has 0 aromatic heterocycles. The Labute approximate surface area is 92.1 Å². The predicted octanol–water partition coefficient (Wildman–Crippen LogP) is 2.59. The van der Waals surface area contributed by atoms with Crippen LogP contribution in [0.25, 0.3) is 0 Å². The highest BCUT2D eigenvalue weighted by Crippen LogP contribution is 2.45. The predicted molar refractivity (Wildman–Crippen MR) is 63.2 cm³/mol. The lowest BCUT2D eigenvalue weighted by Crippen LogP contribution is -2.60. The summed E-state index contributed by atoms with van der Waals surface area (Å²) in [5.74, 6) is 0. The Balaban J connectivity index is 1.87. The maximum atomic E-state index is 2.59. The van der Waals surface area contributed by atoms with Gasteiger partial charge in [0.15, 0.2) is 0 Å². The molecule has 3 rings (SSSR count). The summed E-state index contributed by atoms with van der Waals surface area (Å²) in [6, 6.07) is 9.74. The minimum atomic E-state index is 0.529. The molecule has 1 spiro atoms. The van der Waals surface area contributed by atoms with Crippen LogP contribution < -0.4 is 0 Å². The smallest absolute Gasteiger partial charge is 0.0213 e. The van der Waals surface area contributed by atoms with Gasteiger partial charge < -0.3 is 0 Å². The van der Waals surface area contributed by atoms with Crippen LogP contribution >= 0.6 is 0 Å². The van der Waals surface area contributed by atoms with Gasteiger partial charge in [-0.1, -0.05) is 24.3 Å². The van der Waals surface area contributed by atoms with Gasteiger partial charge in [0.25, 0.3) is 0 Å². The van der Waals surface area contributed by atoms with Gasteiger partial charge in [0.05, 0.1) is 0 Å². The molecule has 1 aromatic rings. The third-order valence-electron chi connectivity index (χ3n) is 4.20. The van der Waals surface area contributed by atoms with Gasteiger partial charge in [-0.15, -0.1) is 0 Å². The van der Waals surface area contributed by atoms with Gasteiger partial charge in [0.1, 0.15) is 0 Å². The third kappa shape index (κ3) is 1.26. The highest BCUT2D eigenvalue weighted by Gasteiger charge is 2.48. The van der Waals surface area contributed by atoms with Gasteiger partial charge in [-0.3, -0.25) is 4.90 Å². The van der Waals surface area contributed by atoms with Crippen LogP contribution in [0.3, 0.4) is 0 Å². The van der Waals surface area contributed by atoms with Crippen LogP contribution in [0.15, 0.2) is 24.3 Å². The Morgan fingerprint density at radius 1 is 1.20 bits per heavy atom. The summed E-state index contributed by atoms with van der Waals surface area (Å²) in [5, 5.41) is 0. The second kappa shape index (κ2) is 3.08. The van der Waals surface area contributed by atoms with Gasteiger partial charge in [-0.05, 0) is 37.8 Å². The van der Waals surface area contributed by atoms with E-state index >= 15 is 0 Å². The van der Waals surface area contributed by atoms with E-state index in [1.165, 1.54) is 25.9 Å². The van der Waals surface area contributed by atoms with Crippen molar-refractivity contribution in [3.63, 3.8) is 0 Å². The Morgan fingerprint density at radius 2 is 1.93 bits per heavy atom. The molecule has 0 amide bonds. The van der Waals surface area contributed by atoms with Crippen molar-refractivity contribution in [1.29, 1.82) is 0 Å². The zero-order chi connectivity index (χ0) is 10.5. The van der Waals surface area contributed by atoms with Crippen LogP contribution in [0.5, 0.6) is 0 Å². The van der Waals surface area contributed by atoms with Gasteiger partial charge in [-0.25, -0.2) is 0 Å². The molecular weight excluding hydrogens is 182 g/mol. The first-order valence-electron chi connectivity index (χ1n) is 6.04. The summed E-state index contributed by atoms with van der Waals surface area (Å²) in [6.45, 7) is 7.16. The summed E-state index contributed by atoms with van der Waals surface area (Å²) in [7, 11) is 0. The second-order valence-electron chi connectivity index (χ2n) is 5.44.